The molecule has 0 saturated heterocycles. The van der Waals surface area contributed by atoms with Crippen LogP contribution in [0.4, 0.5) is 0 Å². The standard InChI is InChI=1S/C19H17N5O2/c1-13-5-3-4-6-17(13)19-20-23-24(21-19)12-16-11-18(22-26-16)14-7-9-15(25-2)10-8-14/h3-11H,12H2,1-2H3. The minimum atomic E-state index is 0.363. The Bertz CT molecular complexity index is 1020. The Kier molecular flexibility index (Phi) is 4.18. The van der Waals surface area contributed by atoms with Crippen LogP contribution in [0, 0.1) is 6.92 Å². The van der Waals surface area contributed by atoms with Gasteiger partial charge in [0.15, 0.2) is 5.76 Å². The Labute approximate surface area is 150 Å². The van der Waals surface area contributed by atoms with Crippen molar-refractivity contribution in [3.63, 3.8) is 0 Å². The minimum Gasteiger partial charge on any atom is -0.497 e. The highest BCUT2D eigenvalue weighted by molar-refractivity contribution is 5.60. The van der Waals surface area contributed by atoms with Crippen molar-refractivity contribution in [3.05, 3.63) is 65.9 Å². The average molecular weight is 347 g/mol. The number of nitrogens with zero attached hydrogens (tertiary/aromatic N) is 5. The number of benzene rings is 2. The molecule has 26 heavy (non-hydrogen) atoms. The number of aryl methyl sites for hydroxylation is 1. The smallest absolute Gasteiger partial charge is 0.205 e. The van der Waals surface area contributed by atoms with Crippen molar-refractivity contribution in [1.29, 1.82) is 0 Å². The van der Waals surface area contributed by atoms with Crippen LogP contribution in [-0.4, -0.2) is 32.5 Å². The van der Waals surface area contributed by atoms with E-state index in [9.17, 15) is 0 Å². The Morgan fingerprint density at radius 3 is 2.65 bits per heavy atom. The van der Waals surface area contributed by atoms with Crippen molar-refractivity contribution in [2.45, 2.75) is 13.5 Å². The molecule has 0 fully saturated rings. The third kappa shape index (κ3) is 3.19. The molecule has 7 heteroatoms. The van der Waals surface area contributed by atoms with Crippen molar-refractivity contribution in [1.82, 2.24) is 25.4 Å². The molecule has 130 valence electrons. The first kappa shape index (κ1) is 16.0. The van der Waals surface area contributed by atoms with Crippen LogP contribution in [0.15, 0.2) is 59.1 Å². The van der Waals surface area contributed by atoms with E-state index in [0.717, 1.165) is 28.1 Å². The molecule has 0 unspecified atom stereocenters. The first-order chi connectivity index (χ1) is 12.7. The van der Waals surface area contributed by atoms with E-state index in [1.165, 1.54) is 4.80 Å². The van der Waals surface area contributed by atoms with Crippen LogP contribution >= 0.6 is 0 Å². The molecular weight excluding hydrogens is 330 g/mol. The first-order valence-electron chi connectivity index (χ1n) is 8.17. The van der Waals surface area contributed by atoms with E-state index >= 15 is 0 Å². The minimum absolute atomic E-state index is 0.363. The highest BCUT2D eigenvalue weighted by Gasteiger charge is 2.12. The zero-order valence-electron chi connectivity index (χ0n) is 14.5. The molecule has 0 N–H and O–H groups in total. The predicted octanol–water partition coefficient (Wildman–Crippen LogP) is 3.36. The molecule has 0 amide bonds. The summed E-state index contributed by atoms with van der Waals surface area (Å²) in [5.41, 5.74) is 3.78. The molecule has 0 bridgehead atoms. The fraction of sp³-hybridized carbons (Fsp3) is 0.158. The zero-order valence-corrected chi connectivity index (χ0v) is 14.5. The fourth-order valence-electron chi connectivity index (χ4n) is 2.67. The molecule has 2 aromatic carbocycles. The maximum absolute atomic E-state index is 5.41. The van der Waals surface area contributed by atoms with E-state index in [4.69, 9.17) is 9.26 Å². The summed E-state index contributed by atoms with van der Waals surface area (Å²) in [6.07, 6.45) is 0. The van der Waals surface area contributed by atoms with Gasteiger partial charge in [-0.05, 0) is 42.0 Å². The average Bonchev–Trinajstić information content (AvgIpc) is 3.32. The molecule has 0 aliphatic rings. The van der Waals surface area contributed by atoms with Gasteiger partial charge in [0.2, 0.25) is 5.82 Å². The van der Waals surface area contributed by atoms with Crippen molar-refractivity contribution >= 4 is 0 Å². The first-order valence-corrected chi connectivity index (χ1v) is 8.17. The molecule has 7 nitrogen and oxygen atoms in total. The van der Waals surface area contributed by atoms with Crippen LogP contribution in [-0.2, 0) is 6.54 Å². The topological polar surface area (TPSA) is 78.9 Å². The predicted molar refractivity (Wildman–Crippen MR) is 95.6 cm³/mol. The van der Waals surface area contributed by atoms with Crippen LogP contribution in [0.25, 0.3) is 22.6 Å². The third-order valence-corrected chi connectivity index (χ3v) is 4.08. The second-order valence-electron chi connectivity index (χ2n) is 5.87. The summed E-state index contributed by atoms with van der Waals surface area (Å²) >= 11 is 0. The molecule has 2 heterocycles. The lowest BCUT2D eigenvalue weighted by Crippen LogP contribution is -2.03. The van der Waals surface area contributed by atoms with Gasteiger partial charge in [-0.25, -0.2) is 0 Å². The maximum Gasteiger partial charge on any atom is 0.205 e. The SMILES string of the molecule is COc1ccc(-c2cc(Cn3nnc(-c4ccccc4C)n3)on2)cc1. The van der Waals surface area contributed by atoms with Crippen molar-refractivity contribution in [2.75, 3.05) is 7.11 Å². The van der Waals surface area contributed by atoms with Crippen LogP contribution in [0.5, 0.6) is 5.75 Å². The number of methoxy groups -OCH3 is 1. The number of aromatic nitrogens is 5. The summed E-state index contributed by atoms with van der Waals surface area (Å²) in [4.78, 5) is 1.50. The van der Waals surface area contributed by atoms with Gasteiger partial charge in [0.05, 0.1) is 7.11 Å². The molecule has 0 saturated carbocycles. The number of hydrogen-bond acceptors (Lipinski definition) is 6. The normalized spacial score (nSPS) is 10.8. The van der Waals surface area contributed by atoms with Crippen LogP contribution in [0.3, 0.4) is 0 Å². The van der Waals surface area contributed by atoms with Gasteiger partial charge in [-0.1, -0.05) is 29.4 Å². The molecule has 0 aliphatic heterocycles. The van der Waals surface area contributed by atoms with E-state index in [0.29, 0.717) is 18.1 Å². The molecule has 0 spiro atoms. The van der Waals surface area contributed by atoms with Crippen molar-refractivity contribution in [3.8, 4) is 28.4 Å². The van der Waals surface area contributed by atoms with E-state index in [1.54, 1.807) is 7.11 Å². The number of rotatable bonds is 5. The molecule has 0 aliphatic carbocycles. The van der Waals surface area contributed by atoms with E-state index in [1.807, 2.05) is 61.5 Å². The van der Waals surface area contributed by atoms with E-state index < -0.39 is 0 Å². The molecular formula is C19H17N5O2. The molecule has 2 aromatic heterocycles. The molecule has 4 aromatic rings. The molecule has 0 radical (unpaired) electrons. The zero-order chi connectivity index (χ0) is 17.9. The maximum atomic E-state index is 5.41. The molecule has 0 atom stereocenters. The van der Waals surface area contributed by atoms with E-state index in [-0.39, 0.29) is 0 Å². The van der Waals surface area contributed by atoms with Gasteiger partial charge in [-0.15, -0.1) is 10.2 Å². The van der Waals surface area contributed by atoms with Crippen LogP contribution < -0.4 is 4.74 Å². The van der Waals surface area contributed by atoms with Gasteiger partial charge in [0, 0.05) is 17.2 Å². The highest BCUT2D eigenvalue weighted by atomic mass is 16.5. The molecule has 4 rings (SSSR count). The Morgan fingerprint density at radius 2 is 1.88 bits per heavy atom. The Balaban J connectivity index is 1.52. The monoisotopic (exact) mass is 347 g/mol. The summed E-state index contributed by atoms with van der Waals surface area (Å²) in [6, 6.07) is 17.5. The number of tetrazole rings is 1. The number of hydrogen-bond donors (Lipinski definition) is 0. The summed E-state index contributed by atoms with van der Waals surface area (Å²) in [7, 11) is 1.64. The third-order valence-electron chi connectivity index (χ3n) is 4.08. The fourth-order valence-corrected chi connectivity index (χ4v) is 2.67. The van der Waals surface area contributed by atoms with Gasteiger partial charge in [-0.3, -0.25) is 0 Å². The summed E-state index contributed by atoms with van der Waals surface area (Å²) in [6.45, 7) is 2.38. The lowest BCUT2D eigenvalue weighted by molar-refractivity contribution is 0.364. The summed E-state index contributed by atoms with van der Waals surface area (Å²) < 4.78 is 10.6. The van der Waals surface area contributed by atoms with Crippen LogP contribution in [0.2, 0.25) is 0 Å². The van der Waals surface area contributed by atoms with Gasteiger partial charge >= 0.3 is 0 Å². The summed E-state index contributed by atoms with van der Waals surface area (Å²) in [5.74, 6) is 2.05. The quantitative estimate of drug-likeness (QED) is 0.551. The number of ether oxygens (including phenoxy) is 1. The van der Waals surface area contributed by atoms with Crippen molar-refractivity contribution in [2.24, 2.45) is 0 Å². The van der Waals surface area contributed by atoms with Gasteiger partial charge < -0.3 is 9.26 Å². The van der Waals surface area contributed by atoms with Crippen molar-refractivity contribution < 1.29 is 9.26 Å². The lowest BCUT2D eigenvalue weighted by atomic mass is 10.1. The van der Waals surface area contributed by atoms with Crippen LogP contribution in [0.1, 0.15) is 11.3 Å². The lowest BCUT2D eigenvalue weighted by Gasteiger charge is -1.99. The second-order valence-corrected chi connectivity index (χ2v) is 5.87. The van der Waals surface area contributed by atoms with E-state index in [2.05, 4.69) is 20.6 Å². The Hall–Kier alpha value is -3.48. The highest BCUT2D eigenvalue weighted by Crippen LogP contribution is 2.22. The van der Waals surface area contributed by atoms with Gasteiger partial charge in [0.25, 0.3) is 0 Å². The summed E-state index contributed by atoms with van der Waals surface area (Å²) in [5, 5.41) is 16.8. The Morgan fingerprint density at radius 1 is 1.08 bits per heavy atom. The second kappa shape index (κ2) is 6.79. The van der Waals surface area contributed by atoms with Gasteiger partial charge in [-0.2, -0.15) is 4.80 Å². The largest absolute Gasteiger partial charge is 0.497 e. The van der Waals surface area contributed by atoms with Gasteiger partial charge in [0.1, 0.15) is 18.0 Å².